The molecule has 0 aliphatic carbocycles. The molecule has 0 aliphatic heterocycles. The van der Waals surface area contributed by atoms with E-state index in [1.807, 2.05) is 18.2 Å². The number of rotatable bonds is 3. The molecule has 0 aromatic heterocycles. The van der Waals surface area contributed by atoms with Crippen molar-refractivity contribution in [2.75, 3.05) is 6.54 Å². The largest absolute Gasteiger partial charge is 0.445 e. The molecule has 0 saturated carbocycles. The summed E-state index contributed by atoms with van der Waals surface area (Å²) in [6, 6.07) is 10.2. The summed E-state index contributed by atoms with van der Waals surface area (Å²) in [5.41, 5.74) is 0.543. The standard InChI is InChI=1S/C17H12F3NO2/c18-14-10-16(20)15(19)9-13(14)7-4-8-21-17(22)23-11-12-5-2-1-3-6-12/h1-3,5-6,9-10H,8,11H2,(H,21,22). The zero-order chi connectivity index (χ0) is 16.7. The Morgan fingerprint density at radius 1 is 1.04 bits per heavy atom. The van der Waals surface area contributed by atoms with E-state index in [0.29, 0.717) is 12.1 Å². The molecule has 2 rings (SSSR count). The van der Waals surface area contributed by atoms with Crippen molar-refractivity contribution in [2.24, 2.45) is 0 Å². The van der Waals surface area contributed by atoms with Crippen LogP contribution in [0.15, 0.2) is 42.5 Å². The molecule has 0 unspecified atom stereocenters. The number of nitrogens with one attached hydrogen (secondary N) is 1. The maximum Gasteiger partial charge on any atom is 0.408 e. The van der Waals surface area contributed by atoms with Crippen LogP contribution < -0.4 is 5.32 Å². The van der Waals surface area contributed by atoms with Crippen LogP contribution in [0.3, 0.4) is 0 Å². The van der Waals surface area contributed by atoms with E-state index >= 15 is 0 Å². The smallest absolute Gasteiger partial charge is 0.408 e. The number of amides is 1. The van der Waals surface area contributed by atoms with E-state index in [9.17, 15) is 18.0 Å². The summed E-state index contributed by atoms with van der Waals surface area (Å²) in [6.45, 7) is -0.00996. The lowest BCUT2D eigenvalue weighted by molar-refractivity contribution is 0.141. The zero-order valence-corrected chi connectivity index (χ0v) is 11.9. The molecule has 2 aromatic carbocycles. The predicted molar refractivity (Wildman–Crippen MR) is 77.8 cm³/mol. The number of carbonyl (C=O) groups excluding carboxylic acids is 1. The first-order chi connectivity index (χ1) is 11.1. The van der Waals surface area contributed by atoms with E-state index < -0.39 is 23.5 Å². The molecule has 0 aliphatic rings. The molecule has 1 N–H and O–H groups in total. The molecule has 0 fully saturated rings. The van der Waals surface area contributed by atoms with Gasteiger partial charge in [0.2, 0.25) is 0 Å². The second-order valence-corrected chi connectivity index (χ2v) is 4.46. The summed E-state index contributed by atoms with van der Waals surface area (Å²) in [5, 5.41) is 2.34. The van der Waals surface area contributed by atoms with Crippen molar-refractivity contribution in [2.45, 2.75) is 6.61 Å². The van der Waals surface area contributed by atoms with Crippen molar-refractivity contribution in [1.82, 2.24) is 5.32 Å². The van der Waals surface area contributed by atoms with Crippen molar-refractivity contribution in [3.8, 4) is 11.8 Å². The third-order valence-electron chi connectivity index (χ3n) is 2.77. The lowest BCUT2D eigenvalue weighted by atomic mass is 10.2. The lowest BCUT2D eigenvalue weighted by Crippen LogP contribution is -2.24. The highest BCUT2D eigenvalue weighted by Crippen LogP contribution is 2.12. The number of carbonyl (C=O) groups is 1. The minimum atomic E-state index is -1.28. The summed E-state index contributed by atoms with van der Waals surface area (Å²) in [6.07, 6.45) is -0.686. The number of halogens is 3. The Labute approximate surface area is 131 Å². The maximum atomic E-state index is 13.3. The van der Waals surface area contributed by atoms with Crippen LogP contribution in [0.5, 0.6) is 0 Å². The van der Waals surface area contributed by atoms with Crippen LogP contribution in [0.4, 0.5) is 18.0 Å². The Balaban J connectivity index is 1.81. The molecule has 0 atom stereocenters. The van der Waals surface area contributed by atoms with Gasteiger partial charge in [-0.1, -0.05) is 42.2 Å². The maximum absolute atomic E-state index is 13.3. The predicted octanol–water partition coefficient (Wildman–Crippen LogP) is 3.38. The van der Waals surface area contributed by atoms with E-state index in [1.165, 1.54) is 0 Å². The van der Waals surface area contributed by atoms with E-state index in [4.69, 9.17) is 4.74 Å². The third-order valence-corrected chi connectivity index (χ3v) is 2.77. The Hall–Kier alpha value is -2.94. The van der Waals surface area contributed by atoms with Crippen molar-refractivity contribution in [3.63, 3.8) is 0 Å². The fourth-order valence-corrected chi connectivity index (χ4v) is 1.65. The van der Waals surface area contributed by atoms with Gasteiger partial charge in [-0.25, -0.2) is 18.0 Å². The van der Waals surface area contributed by atoms with Crippen molar-refractivity contribution in [3.05, 3.63) is 71.0 Å². The number of ether oxygens (including phenoxy) is 1. The normalized spacial score (nSPS) is 9.70. The van der Waals surface area contributed by atoms with Gasteiger partial charge < -0.3 is 10.1 Å². The van der Waals surface area contributed by atoms with Gasteiger partial charge in [0.25, 0.3) is 0 Å². The number of hydrogen-bond acceptors (Lipinski definition) is 2. The first-order valence-electron chi connectivity index (χ1n) is 6.64. The van der Waals surface area contributed by atoms with Crippen LogP contribution >= 0.6 is 0 Å². The second-order valence-electron chi connectivity index (χ2n) is 4.46. The van der Waals surface area contributed by atoms with Gasteiger partial charge in [-0.2, -0.15) is 0 Å². The summed E-state index contributed by atoms with van der Waals surface area (Å²) in [7, 11) is 0. The second kappa shape index (κ2) is 7.90. The van der Waals surface area contributed by atoms with E-state index in [0.717, 1.165) is 5.56 Å². The average molecular weight is 319 g/mol. The van der Waals surface area contributed by atoms with Crippen molar-refractivity contribution in [1.29, 1.82) is 0 Å². The van der Waals surface area contributed by atoms with Crippen LogP contribution in [0, 0.1) is 29.3 Å². The quantitative estimate of drug-likeness (QED) is 0.696. The van der Waals surface area contributed by atoms with E-state index in [2.05, 4.69) is 17.2 Å². The molecule has 0 spiro atoms. The van der Waals surface area contributed by atoms with E-state index in [1.54, 1.807) is 12.1 Å². The average Bonchev–Trinajstić information content (AvgIpc) is 2.55. The van der Waals surface area contributed by atoms with Gasteiger partial charge in [0.1, 0.15) is 12.4 Å². The number of alkyl carbamates (subject to hydrolysis) is 1. The monoisotopic (exact) mass is 319 g/mol. The van der Waals surface area contributed by atoms with Crippen molar-refractivity contribution < 1.29 is 22.7 Å². The van der Waals surface area contributed by atoms with E-state index in [-0.39, 0.29) is 18.7 Å². The molecule has 0 bridgehead atoms. The molecular weight excluding hydrogens is 307 g/mol. The first kappa shape index (κ1) is 16.4. The summed E-state index contributed by atoms with van der Waals surface area (Å²) < 4.78 is 43.9. The number of benzene rings is 2. The van der Waals surface area contributed by atoms with Crippen LogP contribution in [-0.2, 0) is 11.3 Å². The molecule has 6 heteroatoms. The molecule has 0 saturated heterocycles. The van der Waals surface area contributed by atoms with Gasteiger partial charge >= 0.3 is 6.09 Å². The molecule has 0 radical (unpaired) electrons. The molecule has 23 heavy (non-hydrogen) atoms. The van der Waals surface area contributed by atoms with Crippen LogP contribution in [0.25, 0.3) is 0 Å². The minimum Gasteiger partial charge on any atom is -0.445 e. The Morgan fingerprint density at radius 3 is 2.48 bits per heavy atom. The van der Waals surface area contributed by atoms with Crippen molar-refractivity contribution >= 4 is 6.09 Å². The Bertz CT molecular complexity index is 752. The summed E-state index contributed by atoms with van der Waals surface area (Å²) in [4.78, 5) is 11.4. The van der Waals surface area contributed by atoms with Gasteiger partial charge in [-0.15, -0.1) is 0 Å². The molecule has 3 nitrogen and oxygen atoms in total. The highest BCUT2D eigenvalue weighted by atomic mass is 19.2. The van der Waals surface area contributed by atoms with Crippen LogP contribution in [-0.4, -0.2) is 12.6 Å². The Kier molecular flexibility index (Phi) is 5.64. The fraction of sp³-hybridized carbons (Fsp3) is 0.118. The SMILES string of the molecule is O=C(NCC#Cc1cc(F)c(F)cc1F)OCc1ccccc1. The summed E-state index contributed by atoms with van der Waals surface area (Å²) in [5.74, 6) is 1.30. The van der Waals surface area contributed by atoms with Crippen LogP contribution in [0.1, 0.15) is 11.1 Å². The molecule has 2 aromatic rings. The van der Waals surface area contributed by atoms with Gasteiger partial charge in [-0.05, 0) is 11.6 Å². The highest BCUT2D eigenvalue weighted by molar-refractivity contribution is 5.67. The topological polar surface area (TPSA) is 38.3 Å². The van der Waals surface area contributed by atoms with Gasteiger partial charge in [0.15, 0.2) is 11.6 Å². The minimum absolute atomic E-state index is 0.109. The zero-order valence-electron chi connectivity index (χ0n) is 11.9. The fourth-order valence-electron chi connectivity index (χ4n) is 1.65. The lowest BCUT2D eigenvalue weighted by Gasteiger charge is -2.04. The Morgan fingerprint density at radius 2 is 1.74 bits per heavy atom. The number of hydrogen-bond donors (Lipinski definition) is 1. The first-order valence-corrected chi connectivity index (χ1v) is 6.64. The summed E-state index contributed by atoms with van der Waals surface area (Å²) >= 11 is 0. The van der Waals surface area contributed by atoms with Crippen LogP contribution in [0.2, 0.25) is 0 Å². The van der Waals surface area contributed by atoms with Gasteiger partial charge in [0, 0.05) is 6.07 Å². The highest BCUT2D eigenvalue weighted by Gasteiger charge is 2.07. The third kappa shape index (κ3) is 5.08. The van der Waals surface area contributed by atoms with Gasteiger partial charge in [-0.3, -0.25) is 0 Å². The van der Waals surface area contributed by atoms with Gasteiger partial charge in [0.05, 0.1) is 12.1 Å². The molecule has 0 heterocycles. The molecule has 1 amide bonds. The molecular formula is C17H12F3NO2. The molecule has 118 valence electrons.